The molecule has 0 spiro atoms. The average Bonchev–Trinajstić information content (AvgIpc) is 2.28. The molecular formula is C14H23NO. The number of nitrogens with one attached hydrogen (secondary N) is 1. The van der Waals surface area contributed by atoms with Crippen LogP contribution >= 0.6 is 0 Å². The first-order chi connectivity index (χ1) is 7.68. The molecule has 2 N–H and O–H groups in total. The number of aliphatic hydroxyl groups excluding tert-OH is 1. The van der Waals surface area contributed by atoms with Gasteiger partial charge in [-0.05, 0) is 24.8 Å². The third kappa shape index (κ3) is 5.89. The molecule has 1 unspecified atom stereocenters. The van der Waals surface area contributed by atoms with Gasteiger partial charge in [-0.25, -0.2) is 0 Å². The molecule has 1 rings (SSSR count). The molecule has 0 amide bonds. The Morgan fingerprint density at radius 1 is 1.19 bits per heavy atom. The zero-order chi connectivity index (χ0) is 11.8. The Morgan fingerprint density at radius 2 is 1.88 bits per heavy atom. The van der Waals surface area contributed by atoms with Crippen LogP contribution < -0.4 is 5.32 Å². The first kappa shape index (κ1) is 13.2. The Balaban J connectivity index is 2.11. The van der Waals surface area contributed by atoms with Gasteiger partial charge < -0.3 is 10.4 Å². The largest absolute Gasteiger partial charge is 0.392 e. The van der Waals surface area contributed by atoms with Gasteiger partial charge in [0.2, 0.25) is 0 Å². The van der Waals surface area contributed by atoms with E-state index in [1.807, 2.05) is 6.07 Å². The summed E-state index contributed by atoms with van der Waals surface area (Å²) in [5, 5.41) is 13.0. The van der Waals surface area contributed by atoms with Crippen LogP contribution in [-0.2, 0) is 6.42 Å². The van der Waals surface area contributed by atoms with Gasteiger partial charge in [-0.3, -0.25) is 0 Å². The number of hydrogen-bond donors (Lipinski definition) is 2. The van der Waals surface area contributed by atoms with Crippen molar-refractivity contribution in [2.75, 3.05) is 6.54 Å². The number of rotatable bonds is 7. The molecule has 0 aliphatic heterocycles. The van der Waals surface area contributed by atoms with Gasteiger partial charge in [0.1, 0.15) is 0 Å². The average molecular weight is 221 g/mol. The minimum atomic E-state index is -0.217. The summed E-state index contributed by atoms with van der Waals surface area (Å²) in [6.45, 7) is 4.89. The number of hydrogen-bond acceptors (Lipinski definition) is 2. The van der Waals surface area contributed by atoms with Gasteiger partial charge in [-0.1, -0.05) is 44.2 Å². The van der Waals surface area contributed by atoms with Crippen molar-refractivity contribution in [3.8, 4) is 0 Å². The molecule has 2 heteroatoms. The monoisotopic (exact) mass is 221 g/mol. The Morgan fingerprint density at radius 3 is 2.50 bits per heavy atom. The fourth-order valence-electron chi connectivity index (χ4n) is 1.66. The van der Waals surface area contributed by atoms with Crippen molar-refractivity contribution < 1.29 is 5.11 Å². The van der Waals surface area contributed by atoms with E-state index < -0.39 is 0 Å². The van der Waals surface area contributed by atoms with Crippen LogP contribution in [0, 0.1) is 0 Å². The maximum absolute atomic E-state index is 9.71. The molecule has 2 nitrogen and oxygen atoms in total. The highest BCUT2D eigenvalue weighted by molar-refractivity contribution is 5.14. The summed E-state index contributed by atoms with van der Waals surface area (Å²) in [6.07, 6.45) is 2.75. The highest BCUT2D eigenvalue weighted by Crippen LogP contribution is 2.06. The van der Waals surface area contributed by atoms with Crippen LogP contribution in [0.1, 0.15) is 32.3 Å². The Bertz CT molecular complexity index is 271. The smallest absolute Gasteiger partial charge is 0.0664 e. The van der Waals surface area contributed by atoms with E-state index in [0.717, 1.165) is 19.3 Å². The molecule has 0 saturated heterocycles. The second-order valence-electron chi connectivity index (χ2n) is 4.59. The molecule has 0 radical (unpaired) electrons. The minimum absolute atomic E-state index is 0.217. The predicted octanol–water partition coefficient (Wildman–Crippen LogP) is 2.37. The molecule has 0 bridgehead atoms. The summed E-state index contributed by atoms with van der Waals surface area (Å²) >= 11 is 0. The van der Waals surface area contributed by atoms with Gasteiger partial charge in [0.25, 0.3) is 0 Å². The van der Waals surface area contributed by atoms with Crippen molar-refractivity contribution in [3.63, 3.8) is 0 Å². The quantitative estimate of drug-likeness (QED) is 0.741. The van der Waals surface area contributed by atoms with E-state index in [0.29, 0.717) is 12.6 Å². The van der Waals surface area contributed by atoms with Crippen LogP contribution in [0.15, 0.2) is 30.3 Å². The van der Waals surface area contributed by atoms with E-state index in [2.05, 4.69) is 43.4 Å². The summed E-state index contributed by atoms with van der Waals surface area (Å²) in [5.74, 6) is 0. The molecule has 90 valence electrons. The van der Waals surface area contributed by atoms with E-state index in [1.54, 1.807) is 0 Å². The van der Waals surface area contributed by atoms with Crippen molar-refractivity contribution in [2.24, 2.45) is 0 Å². The fraction of sp³-hybridized carbons (Fsp3) is 0.571. The van der Waals surface area contributed by atoms with E-state index >= 15 is 0 Å². The molecule has 1 atom stereocenters. The third-order valence-corrected chi connectivity index (χ3v) is 2.61. The standard InChI is InChI=1S/C14H23NO/c1-12(2)15-11-14(16)10-6-9-13-7-4-3-5-8-13/h3-5,7-8,12,14-16H,6,9-11H2,1-2H3. The van der Waals surface area contributed by atoms with Crippen molar-refractivity contribution >= 4 is 0 Å². The number of benzene rings is 1. The third-order valence-electron chi connectivity index (χ3n) is 2.61. The summed E-state index contributed by atoms with van der Waals surface area (Å²) in [6, 6.07) is 10.9. The van der Waals surface area contributed by atoms with Crippen LogP contribution in [0.25, 0.3) is 0 Å². The highest BCUT2D eigenvalue weighted by atomic mass is 16.3. The SMILES string of the molecule is CC(C)NCC(O)CCCc1ccccc1. The lowest BCUT2D eigenvalue weighted by Gasteiger charge is -2.13. The normalized spacial score (nSPS) is 13.0. The molecule has 16 heavy (non-hydrogen) atoms. The number of aryl methyl sites for hydroxylation is 1. The Labute approximate surface area is 98.7 Å². The van der Waals surface area contributed by atoms with E-state index in [4.69, 9.17) is 0 Å². The molecule has 1 aromatic carbocycles. The van der Waals surface area contributed by atoms with Crippen molar-refractivity contribution in [1.82, 2.24) is 5.32 Å². The Hall–Kier alpha value is -0.860. The second-order valence-corrected chi connectivity index (χ2v) is 4.59. The lowest BCUT2D eigenvalue weighted by atomic mass is 10.1. The molecule has 1 aromatic rings. The molecule has 0 fully saturated rings. The van der Waals surface area contributed by atoms with Crippen LogP contribution in [0.3, 0.4) is 0 Å². The van der Waals surface area contributed by atoms with E-state index in [-0.39, 0.29) is 6.10 Å². The highest BCUT2D eigenvalue weighted by Gasteiger charge is 2.04. The molecule has 0 aliphatic carbocycles. The topological polar surface area (TPSA) is 32.3 Å². The maximum Gasteiger partial charge on any atom is 0.0664 e. The fourth-order valence-corrected chi connectivity index (χ4v) is 1.66. The first-order valence-electron chi connectivity index (χ1n) is 6.14. The van der Waals surface area contributed by atoms with Gasteiger partial charge in [-0.15, -0.1) is 0 Å². The summed E-state index contributed by atoms with van der Waals surface area (Å²) in [5.41, 5.74) is 1.35. The van der Waals surface area contributed by atoms with Crippen LogP contribution in [0.5, 0.6) is 0 Å². The van der Waals surface area contributed by atoms with Crippen LogP contribution in [0.2, 0.25) is 0 Å². The van der Waals surface area contributed by atoms with Gasteiger partial charge in [-0.2, -0.15) is 0 Å². The van der Waals surface area contributed by atoms with Crippen LogP contribution in [-0.4, -0.2) is 23.8 Å². The van der Waals surface area contributed by atoms with E-state index in [1.165, 1.54) is 5.56 Å². The lowest BCUT2D eigenvalue weighted by molar-refractivity contribution is 0.156. The predicted molar refractivity (Wildman–Crippen MR) is 68.5 cm³/mol. The Kier molecular flexibility index (Phi) is 6.12. The van der Waals surface area contributed by atoms with E-state index in [9.17, 15) is 5.11 Å². The lowest BCUT2D eigenvalue weighted by Crippen LogP contribution is -2.31. The molecule has 0 saturated carbocycles. The zero-order valence-corrected chi connectivity index (χ0v) is 10.3. The minimum Gasteiger partial charge on any atom is -0.392 e. The zero-order valence-electron chi connectivity index (χ0n) is 10.3. The second kappa shape index (κ2) is 7.42. The van der Waals surface area contributed by atoms with Gasteiger partial charge in [0, 0.05) is 12.6 Å². The summed E-state index contributed by atoms with van der Waals surface area (Å²) < 4.78 is 0. The summed E-state index contributed by atoms with van der Waals surface area (Å²) in [4.78, 5) is 0. The molecule has 0 heterocycles. The summed E-state index contributed by atoms with van der Waals surface area (Å²) in [7, 11) is 0. The molecule has 0 aromatic heterocycles. The maximum atomic E-state index is 9.71. The van der Waals surface area contributed by atoms with Gasteiger partial charge in [0.05, 0.1) is 6.10 Å². The molecule has 0 aliphatic rings. The van der Waals surface area contributed by atoms with Crippen molar-refractivity contribution in [2.45, 2.75) is 45.3 Å². The van der Waals surface area contributed by atoms with Crippen molar-refractivity contribution in [3.05, 3.63) is 35.9 Å². The molecular weight excluding hydrogens is 198 g/mol. The van der Waals surface area contributed by atoms with Crippen molar-refractivity contribution in [1.29, 1.82) is 0 Å². The van der Waals surface area contributed by atoms with Gasteiger partial charge in [0.15, 0.2) is 0 Å². The van der Waals surface area contributed by atoms with Crippen LogP contribution in [0.4, 0.5) is 0 Å². The van der Waals surface area contributed by atoms with Gasteiger partial charge >= 0.3 is 0 Å². The number of aliphatic hydroxyl groups is 1. The first-order valence-corrected chi connectivity index (χ1v) is 6.14.